The number of aryl methyl sites for hydroxylation is 2. The SMILES string of the molecule is Cc1ccc(C(C)C)c(OCc2nc3c4c(ncn3n2)Oc2c(c(C)nn2-c2ccccc2)[C@@H]4c2ccccc2)c1. The first-order chi connectivity index (χ1) is 20.0. The minimum absolute atomic E-state index is 0.189. The number of hydrogen-bond donors (Lipinski definition) is 0. The third-order valence-corrected chi connectivity index (χ3v) is 7.55. The summed E-state index contributed by atoms with van der Waals surface area (Å²) in [6.45, 7) is 8.66. The highest BCUT2D eigenvalue weighted by atomic mass is 16.5. The zero-order valence-corrected chi connectivity index (χ0v) is 23.4. The average Bonchev–Trinajstić information content (AvgIpc) is 3.56. The largest absolute Gasteiger partial charge is 0.485 e. The minimum atomic E-state index is -0.189. The van der Waals surface area contributed by atoms with Gasteiger partial charge in [0.25, 0.3) is 0 Å². The van der Waals surface area contributed by atoms with Crippen LogP contribution in [0.1, 0.15) is 65.0 Å². The smallest absolute Gasteiger partial charge is 0.230 e. The van der Waals surface area contributed by atoms with Crippen molar-refractivity contribution in [1.82, 2.24) is 29.4 Å². The summed E-state index contributed by atoms with van der Waals surface area (Å²) in [5, 5.41) is 9.63. The standard InChI is InChI=1S/C33H30N6O2/c1-20(2)25-16-15-21(3)17-26(25)40-18-27-35-31-30-29(23-11-7-5-8-12-23)28-22(4)36-39(24-13-9-6-10-14-24)33(28)41-32(30)34-19-38(31)37-27/h5-17,19-20,29H,18H2,1-4H3/t29-/m0/s1. The Kier molecular flexibility index (Phi) is 6.03. The molecule has 0 unspecified atom stereocenters. The number of ether oxygens (including phenoxy) is 2. The number of nitrogens with zero attached hydrogens (tertiary/aromatic N) is 6. The molecule has 41 heavy (non-hydrogen) atoms. The number of para-hydroxylation sites is 1. The van der Waals surface area contributed by atoms with Gasteiger partial charge in [-0.1, -0.05) is 74.5 Å². The first-order valence-electron chi connectivity index (χ1n) is 13.8. The van der Waals surface area contributed by atoms with Crippen LogP contribution in [-0.4, -0.2) is 29.4 Å². The Morgan fingerprint density at radius 3 is 2.41 bits per heavy atom. The van der Waals surface area contributed by atoms with Gasteiger partial charge in [-0.2, -0.15) is 5.10 Å². The normalized spacial score (nSPS) is 14.1. The van der Waals surface area contributed by atoms with Crippen molar-refractivity contribution in [2.75, 3.05) is 0 Å². The molecule has 8 heteroatoms. The van der Waals surface area contributed by atoms with Crippen LogP contribution in [0.2, 0.25) is 0 Å². The summed E-state index contributed by atoms with van der Waals surface area (Å²) in [7, 11) is 0. The van der Waals surface area contributed by atoms with Crippen LogP contribution in [0, 0.1) is 13.8 Å². The highest BCUT2D eigenvalue weighted by molar-refractivity contribution is 5.66. The van der Waals surface area contributed by atoms with Crippen molar-refractivity contribution in [2.24, 2.45) is 0 Å². The van der Waals surface area contributed by atoms with E-state index in [4.69, 9.17) is 29.6 Å². The van der Waals surface area contributed by atoms with Crippen molar-refractivity contribution in [3.8, 4) is 23.2 Å². The van der Waals surface area contributed by atoms with Crippen LogP contribution in [0.25, 0.3) is 11.3 Å². The number of benzene rings is 3. The number of aromatic nitrogens is 6. The van der Waals surface area contributed by atoms with Gasteiger partial charge in [0.05, 0.1) is 28.4 Å². The van der Waals surface area contributed by atoms with Crippen LogP contribution >= 0.6 is 0 Å². The molecular formula is C33H30N6O2. The van der Waals surface area contributed by atoms with Gasteiger partial charge in [-0.05, 0) is 54.7 Å². The van der Waals surface area contributed by atoms with E-state index in [-0.39, 0.29) is 12.5 Å². The van der Waals surface area contributed by atoms with E-state index in [0.717, 1.165) is 44.9 Å². The van der Waals surface area contributed by atoms with Crippen molar-refractivity contribution in [1.29, 1.82) is 0 Å². The van der Waals surface area contributed by atoms with E-state index < -0.39 is 0 Å². The van der Waals surface area contributed by atoms with Crippen LogP contribution in [0.15, 0.2) is 85.2 Å². The molecule has 0 amide bonds. The summed E-state index contributed by atoms with van der Waals surface area (Å²) in [6.07, 6.45) is 1.65. The van der Waals surface area contributed by atoms with Crippen LogP contribution in [-0.2, 0) is 6.61 Å². The van der Waals surface area contributed by atoms with Gasteiger partial charge in [0.1, 0.15) is 18.7 Å². The highest BCUT2D eigenvalue weighted by Crippen LogP contribution is 2.49. The zero-order valence-electron chi connectivity index (χ0n) is 23.4. The Hall–Kier alpha value is -4.98. The predicted molar refractivity (Wildman–Crippen MR) is 156 cm³/mol. The van der Waals surface area contributed by atoms with Gasteiger partial charge in [0.15, 0.2) is 11.5 Å². The fourth-order valence-corrected chi connectivity index (χ4v) is 5.59. The number of rotatable bonds is 6. The highest BCUT2D eigenvalue weighted by Gasteiger charge is 2.38. The molecule has 0 radical (unpaired) electrons. The Morgan fingerprint density at radius 1 is 0.902 bits per heavy atom. The van der Waals surface area contributed by atoms with Gasteiger partial charge < -0.3 is 9.47 Å². The van der Waals surface area contributed by atoms with Crippen LogP contribution < -0.4 is 9.47 Å². The van der Waals surface area contributed by atoms with E-state index in [1.54, 1.807) is 10.8 Å². The summed E-state index contributed by atoms with van der Waals surface area (Å²) in [4.78, 5) is 9.66. The molecular weight excluding hydrogens is 512 g/mol. The summed E-state index contributed by atoms with van der Waals surface area (Å²) in [5.41, 5.74) is 7.76. The molecule has 1 atom stereocenters. The molecule has 1 aliphatic heterocycles. The molecule has 3 aromatic carbocycles. The van der Waals surface area contributed by atoms with Gasteiger partial charge >= 0.3 is 0 Å². The van der Waals surface area contributed by atoms with Gasteiger partial charge in [-0.15, -0.1) is 5.10 Å². The Bertz CT molecular complexity index is 1880. The molecule has 0 bridgehead atoms. The lowest BCUT2D eigenvalue weighted by atomic mass is 9.84. The summed E-state index contributed by atoms with van der Waals surface area (Å²) in [5.74, 6) is 2.75. The molecule has 0 saturated carbocycles. The second kappa shape index (κ2) is 9.89. The second-order valence-electron chi connectivity index (χ2n) is 10.7. The van der Waals surface area contributed by atoms with Crippen LogP contribution in [0.3, 0.4) is 0 Å². The van der Waals surface area contributed by atoms with Gasteiger partial charge in [0, 0.05) is 0 Å². The molecule has 0 fully saturated rings. The van der Waals surface area contributed by atoms with E-state index in [1.807, 2.05) is 60.1 Å². The molecule has 3 aromatic heterocycles. The maximum atomic E-state index is 6.51. The average molecular weight is 543 g/mol. The Labute approximate surface area is 238 Å². The third kappa shape index (κ3) is 4.32. The minimum Gasteiger partial charge on any atom is -0.485 e. The lowest BCUT2D eigenvalue weighted by Crippen LogP contribution is -2.16. The van der Waals surface area contributed by atoms with E-state index >= 15 is 0 Å². The quantitative estimate of drug-likeness (QED) is 0.227. The number of hydrogen-bond acceptors (Lipinski definition) is 6. The van der Waals surface area contributed by atoms with Crippen molar-refractivity contribution < 1.29 is 9.47 Å². The molecule has 4 heterocycles. The molecule has 1 aliphatic rings. The van der Waals surface area contributed by atoms with Gasteiger partial charge in [-0.3, -0.25) is 0 Å². The Morgan fingerprint density at radius 2 is 1.66 bits per heavy atom. The molecule has 0 spiro atoms. The van der Waals surface area contributed by atoms with Crippen LogP contribution in [0.4, 0.5) is 0 Å². The molecule has 0 aliphatic carbocycles. The van der Waals surface area contributed by atoms with Gasteiger partial charge in [-0.25, -0.2) is 19.2 Å². The van der Waals surface area contributed by atoms with Crippen LogP contribution in [0.5, 0.6) is 17.5 Å². The fraction of sp³-hybridized carbons (Fsp3) is 0.212. The van der Waals surface area contributed by atoms with Crippen molar-refractivity contribution in [3.05, 3.63) is 125 Å². The van der Waals surface area contributed by atoms with E-state index in [2.05, 4.69) is 51.1 Å². The summed E-state index contributed by atoms with van der Waals surface area (Å²) in [6, 6.07) is 26.7. The molecule has 204 valence electrons. The molecule has 0 N–H and O–H groups in total. The van der Waals surface area contributed by atoms with E-state index in [0.29, 0.717) is 29.1 Å². The molecule has 7 rings (SSSR count). The topological polar surface area (TPSA) is 79.4 Å². The number of fused-ring (bicyclic) bond motifs is 4. The van der Waals surface area contributed by atoms with Gasteiger partial charge in [0.2, 0.25) is 11.8 Å². The Balaban J connectivity index is 1.34. The van der Waals surface area contributed by atoms with E-state index in [1.165, 1.54) is 0 Å². The molecule has 8 nitrogen and oxygen atoms in total. The predicted octanol–water partition coefficient (Wildman–Crippen LogP) is 6.92. The fourth-order valence-electron chi connectivity index (χ4n) is 5.59. The lowest BCUT2D eigenvalue weighted by Gasteiger charge is -2.26. The van der Waals surface area contributed by atoms with Crippen molar-refractivity contribution in [3.63, 3.8) is 0 Å². The maximum absolute atomic E-state index is 6.51. The van der Waals surface area contributed by atoms with E-state index in [9.17, 15) is 0 Å². The summed E-state index contributed by atoms with van der Waals surface area (Å²) >= 11 is 0. The first kappa shape index (κ1) is 25.0. The monoisotopic (exact) mass is 542 g/mol. The van der Waals surface area contributed by atoms with Crippen molar-refractivity contribution >= 4 is 5.65 Å². The molecule has 0 saturated heterocycles. The van der Waals surface area contributed by atoms with Crippen molar-refractivity contribution in [2.45, 2.75) is 46.1 Å². The third-order valence-electron chi connectivity index (χ3n) is 7.55. The lowest BCUT2D eigenvalue weighted by molar-refractivity contribution is 0.291. The second-order valence-corrected chi connectivity index (χ2v) is 10.7. The summed E-state index contributed by atoms with van der Waals surface area (Å²) < 4.78 is 16.4. The maximum Gasteiger partial charge on any atom is 0.230 e. The zero-order chi connectivity index (χ0) is 28.1. The first-order valence-corrected chi connectivity index (χ1v) is 13.8. The molecule has 6 aromatic rings.